The molecule has 4 rings (SSSR count). The van der Waals surface area contributed by atoms with Gasteiger partial charge in [-0.05, 0) is 32.4 Å². The molecule has 0 aliphatic rings. The largest absolute Gasteiger partial charge is 0.438 e. The highest BCUT2D eigenvalue weighted by Gasteiger charge is 2.26. The molecule has 7 heteroatoms. The normalized spacial score (nSPS) is 10.5. The minimum absolute atomic E-state index is 0.00967. The second-order valence-electron chi connectivity index (χ2n) is 8.02. The number of anilines is 1. The van der Waals surface area contributed by atoms with E-state index in [-0.39, 0.29) is 28.3 Å². The summed E-state index contributed by atoms with van der Waals surface area (Å²) in [6.45, 7) is 5.45. The number of rotatable bonds is 5. The van der Waals surface area contributed by atoms with Gasteiger partial charge in [-0.3, -0.25) is 20.2 Å². The first-order valence-corrected chi connectivity index (χ1v) is 10.6. The number of furan rings is 1. The Kier molecular flexibility index (Phi) is 5.98. The van der Waals surface area contributed by atoms with Crippen molar-refractivity contribution in [2.75, 3.05) is 5.32 Å². The van der Waals surface area contributed by atoms with E-state index < -0.39 is 10.8 Å². The summed E-state index contributed by atoms with van der Waals surface area (Å²) in [4.78, 5) is 23.8. The Morgan fingerprint density at radius 1 is 0.941 bits per heavy atom. The monoisotopic (exact) mass is 451 g/mol. The predicted molar refractivity (Wildman–Crippen MR) is 130 cm³/mol. The standard InChI is InChI=1S/C27H21N3O4/c1-16-7-11-19(12-8-16)24-22(15-28)27(34-25(24)20-13-9-17(2)10-14-20)29-26(31)21-5-4-6-23(18(21)3)30(32)33/h4-14H,1-3H3,(H,29,31). The Hall–Kier alpha value is -4.70. The molecular weight excluding hydrogens is 430 g/mol. The van der Waals surface area contributed by atoms with Crippen LogP contribution in [0.15, 0.2) is 71.1 Å². The first-order valence-electron chi connectivity index (χ1n) is 10.6. The van der Waals surface area contributed by atoms with Gasteiger partial charge in [-0.25, -0.2) is 0 Å². The molecule has 0 saturated heterocycles. The fraction of sp³-hybridized carbons (Fsp3) is 0.111. The molecule has 0 spiro atoms. The van der Waals surface area contributed by atoms with Crippen molar-refractivity contribution in [3.8, 4) is 28.5 Å². The van der Waals surface area contributed by atoms with E-state index in [1.165, 1.54) is 25.1 Å². The second-order valence-corrected chi connectivity index (χ2v) is 8.02. The van der Waals surface area contributed by atoms with E-state index in [1.807, 2.05) is 62.4 Å². The average molecular weight is 451 g/mol. The molecule has 1 N–H and O–H groups in total. The lowest BCUT2D eigenvalue weighted by Crippen LogP contribution is -2.14. The molecular formula is C27H21N3O4. The van der Waals surface area contributed by atoms with Crippen LogP contribution >= 0.6 is 0 Å². The van der Waals surface area contributed by atoms with Crippen LogP contribution in [0, 0.1) is 42.2 Å². The Morgan fingerprint density at radius 3 is 2.09 bits per heavy atom. The van der Waals surface area contributed by atoms with E-state index in [0.717, 1.165) is 22.3 Å². The molecule has 0 aliphatic heterocycles. The summed E-state index contributed by atoms with van der Waals surface area (Å²) < 4.78 is 6.07. The molecule has 168 valence electrons. The van der Waals surface area contributed by atoms with E-state index in [1.54, 1.807) is 0 Å². The van der Waals surface area contributed by atoms with Crippen molar-refractivity contribution in [3.05, 3.63) is 105 Å². The number of hydrogen-bond donors (Lipinski definition) is 1. The van der Waals surface area contributed by atoms with Gasteiger partial charge in [-0.2, -0.15) is 5.26 Å². The average Bonchev–Trinajstić information content (AvgIpc) is 3.17. The maximum Gasteiger partial charge on any atom is 0.273 e. The predicted octanol–water partition coefficient (Wildman–Crippen LogP) is 6.57. The van der Waals surface area contributed by atoms with Crippen LogP contribution in [0.1, 0.15) is 32.6 Å². The van der Waals surface area contributed by atoms with Crippen LogP contribution in [0.2, 0.25) is 0 Å². The van der Waals surface area contributed by atoms with E-state index in [4.69, 9.17) is 4.42 Å². The molecule has 0 radical (unpaired) electrons. The van der Waals surface area contributed by atoms with Gasteiger partial charge in [0, 0.05) is 28.3 Å². The summed E-state index contributed by atoms with van der Waals surface area (Å²) >= 11 is 0. The van der Waals surface area contributed by atoms with Crippen LogP contribution in [0.25, 0.3) is 22.5 Å². The molecule has 1 heterocycles. The van der Waals surface area contributed by atoms with Crippen molar-refractivity contribution < 1.29 is 14.1 Å². The van der Waals surface area contributed by atoms with Gasteiger partial charge in [0.05, 0.1) is 4.92 Å². The maximum absolute atomic E-state index is 13.1. The first-order chi connectivity index (χ1) is 16.3. The highest BCUT2D eigenvalue weighted by atomic mass is 16.6. The van der Waals surface area contributed by atoms with Crippen molar-refractivity contribution in [2.45, 2.75) is 20.8 Å². The summed E-state index contributed by atoms with van der Waals surface area (Å²) in [6.07, 6.45) is 0. The van der Waals surface area contributed by atoms with Crippen LogP contribution < -0.4 is 5.32 Å². The third kappa shape index (κ3) is 4.17. The van der Waals surface area contributed by atoms with Gasteiger partial charge in [0.1, 0.15) is 17.4 Å². The zero-order valence-electron chi connectivity index (χ0n) is 18.9. The summed E-state index contributed by atoms with van der Waals surface area (Å²) in [5.41, 5.74) is 4.61. The minimum atomic E-state index is -0.600. The van der Waals surface area contributed by atoms with Gasteiger partial charge in [0.2, 0.25) is 5.88 Å². The Labute approximate surface area is 196 Å². The van der Waals surface area contributed by atoms with E-state index >= 15 is 0 Å². The summed E-state index contributed by atoms with van der Waals surface area (Å²) in [7, 11) is 0. The van der Waals surface area contributed by atoms with E-state index in [2.05, 4.69) is 11.4 Å². The van der Waals surface area contributed by atoms with Crippen LogP contribution in [0.5, 0.6) is 0 Å². The number of aryl methyl sites for hydroxylation is 2. The quantitative estimate of drug-likeness (QED) is 0.273. The minimum Gasteiger partial charge on any atom is -0.438 e. The molecule has 1 amide bonds. The van der Waals surface area contributed by atoms with Gasteiger partial charge in [-0.1, -0.05) is 65.7 Å². The highest BCUT2D eigenvalue weighted by Crippen LogP contribution is 2.41. The Bertz CT molecular complexity index is 1440. The third-order valence-corrected chi connectivity index (χ3v) is 5.65. The van der Waals surface area contributed by atoms with Crippen molar-refractivity contribution in [3.63, 3.8) is 0 Å². The third-order valence-electron chi connectivity index (χ3n) is 5.65. The molecule has 0 atom stereocenters. The van der Waals surface area contributed by atoms with Crippen molar-refractivity contribution in [2.24, 2.45) is 0 Å². The van der Waals surface area contributed by atoms with Crippen LogP contribution in [0.3, 0.4) is 0 Å². The van der Waals surface area contributed by atoms with Crippen LogP contribution in [0.4, 0.5) is 11.6 Å². The van der Waals surface area contributed by atoms with Gasteiger partial charge < -0.3 is 4.42 Å². The number of carbonyl (C=O) groups excluding carboxylic acids is 1. The van der Waals surface area contributed by atoms with Gasteiger partial charge in [0.15, 0.2) is 0 Å². The topological polar surface area (TPSA) is 109 Å². The molecule has 0 fully saturated rings. The fourth-order valence-corrected chi connectivity index (χ4v) is 3.77. The van der Waals surface area contributed by atoms with Crippen LogP contribution in [-0.4, -0.2) is 10.8 Å². The lowest BCUT2D eigenvalue weighted by atomic mass is 9.97. The highest BCUT2D eigenvalue weighted by molar-refractivity contribution is 6.06. The van der Waals surface area contributed by atoms with Crippen LogP contribution in [-0.2, 0) is 0 Å². The molecule has 0 unspecified atom stereocenters. The number of nitriles is 1. The van der Waals surface area contributed by atoms with E-state index in [0.29, 0.717) is 11.3 Å². The van der Waals surface area contributed by atoms with Gasteiger partial charge in [-0.15, -0.1) is 0 Å². The number of hydrogen-bond acceptors (Lipinski definition) is 5. The smallest absolute Gasteiger partial charge is 0.273 e. The Balaban J connectivity index is 1.85. The van der Waals surface area contributed by atoms with Crippen molar-refractivity contribution >= 4 is 17.5 Å². The molecule has 7 nitrogen and oxygen atoms in total. The molecule has 0 saturated carbocycles. The summed E-state index contributed by atoms with van der Waals surface area (Å²) in [5.74, 6) is -0.159. The number of carbonyl (C=O) groups is 1. The molecule has 34 heavy (non-hydrogen) atoms. The molecule has 1 aromatic heterocycles. The number of nitrogens with zero attached hydrogens (tertiary/aromatic N) is 2. The Morgan fingerprint density at radius 2 is 1.53 bits per heavy atom. The summed E-state index contributed by atoms with van der Waals surface area (Å²) in [6, 6.07) is 21.8. The molecule has 0 bridgehead atoms. The molecule has 0 aliphatic carbocycles. The van der Waals surface area contributed by atoms with E-state index in [9.17, 15) is 20.2 Å². The fourth-order valence-electron chi connectivity index (χ4n) is 3.77. The maximum atomic E-state index is 13.1. The van der Waals surface area contributed by atoms with Gasteiger partial charge >= 0.3 is 0 Å². The molecule has 3 aromatic carbocycles. The van der Waals surface area contributed by atoms with Gasteiger partial charge in [0.25, 0.3) is 11.6 Å². The second kappa shape index (κ2) is 9.04. The molecule has 4 aromatic rings. The van der Waals surface area contributed by atoms with Crippen molar-refractivity contribution in [1.82, 2.24) is 0 Å². The lowest BCUT2D eigenvalue weighted by Gasteiger charge is -2.06. The zero-order valence-corrected chi connectivity index (χ0v) is 18.9. The lowest BCUT2D eigenvalue weighted by molar-refractivity contribution is -0.385. The number of amides is 1. The SMILES string of the molecule is Cc1ccc(-c2oc(NC(=O)c3cccc([N+](=O)[O-])c3C)c(C#N)c2-c2ccc(C)cc2)cc1. The number of nitro benzene ring substituents is 1. The zero-order chi connectivity index (χ0) is 24.4. The first kappa shape index (κ1) is 22.5. The summed E-state index contributed by atoms with van der Waals surface area (Å²) in [5, 5.41) is 24.0. The number of benzene rings is 3. The van der Waals surface area contributed by atoms with Crippen molar-refractivity contribution in [1.29, 1.82) is 5.26 Å². The number of nitrogens with one attached hydrogen (secondary N) is 1. The number of nitro groups is 1.